The summed E-state index contributed by atoms with van der Waals surface area (Å²) in [7, 11) is -2.87. The van der Waals surface area contributed by atoms with Crippen molar-refractivity contribution < 1.29 is 42.3 Å². The molecule has 0 N–H and O–H groups in total. The maximum Gasteiger partial charge on any atom is 0.382 e. The highest BCUT2D eigenvalue weighted by Crippen LogP contribution is 2.55. The molecule has 186 valence electrons. The van der Waals surface area contributed by atoms with Crippen LogP contribution in [-0.2, 0) is 29.8 Å². The van der Waals surface area contributed by atoms with Gasteiger partial charge in [0.2, 0.25) is 5.75 Å². The molecule has 1 atom stereocenters. The number of carbonyl (C=O) groups excluding carboxylic acids is 1. The standard InChI is InChI=1S/C22H28NO10P/c1-5-29-21(24)22(34(27,31-6-2)32-7-3)33-18-14-19(28-4)20(13-17(18)23(25)26)30-15-16-11-9-8-10-12-16/h8-14,22H,5-7,15H2,1-4H3. The Bertz CT molecular complexity index is 1000. The van der Waals surface area contributed by atoms with Gasteiger partial charge in [0.25, 0.3) is 5.85 Å². The van der Waals surface area contributed by atoms with Gasteiger partial charge in [-0.15, -0.1) is 0 Å². The Labute approximate surface area is 197 Å². The molecule has 0 radical (unpaired) electrons. The highest BCUT2D eigenvalue weighted by atomic mass is 31.2. The topological polar surface area (TPSA) is 133 Å². The number of nitro groups is 1. The minimum Gasteiger partial charge on any atom is -0.493 e. The van der Waals surface area contributed by atoms with Crippen molar-refractivity contribution in [2.75, 3.05) is 26.9 Å². The van der Waals surface area contributed by atoms with Gasteiger partial charge >= 0.3 is 19.3 Å². The molecule has 0 aliphatic carbocycles. The number of rotatable bonds is 14. The number of benzene rings is 2. The summed E-state index contributed by atoms with van der Waals surface area (Å²) in [6.07, 6.45) is 0. The molecule has 11 nitrogen and oxygen atoms in total. The van der Waals surface area contributed by atoms with E-state index in [2.05, 4.69) is 0 Å². The molecule has 0 aromatic heterocycles. The normalized spacial score (nSPS) is 12.0. The molecule has 2 rings (SSSR count). The van der Waals surface area contributed by atoms with Crippen LogP contribution in [-0.4, -0.2) is 43.7 Å². The Morgan fingerprint density at radius 1 is 1.00 bits per heavy atom. The molecule has 0 spiro atoms. The molecule has 0 aliphatic rings. The Hall–Kier alpha value is -3.14. The van der Waals surface area contributed by atoms with E-state index in [1.807, 2.05) is 30.3 Å². The largest absolute Gasteiger partial charge is 0.493 e. The smallest absolute Gasteiger partial charge is 0.382 e. The summed E-state index contributed by atoms with van der Waals surface area (Å²) >= 11 is 0. The van der Waals surface area contributed by atoms with Crippen molar-refractivity contribution in [3.8, 4) is 17.2 Å². The second-order valence-electron chi connectivity index (χ2n) is 6.60. The molecule has 0 heterocycles. The molecule has 34 heavy (non-hydrogen) atoms. The zero-order valence-electron chi connectivity index (χ0n) is 19.4. The number of ether oxygens (including phenoxy) is 4. The molecule has 0 bridgehead atoms. The first kappa shape index (κ1) is 27.1. The summed E-state index contributed by atoms with van der Waals surface area (Å²) in [6.45, 7) is 4.61. The molecule has 0 aliphatic heterocycles. The van der Waals surface area contributed by atoms with Gasteiger partial charge in [-0.05, 0) is 26.3 Å². The number of hydrogen-bond donors (Lipinski definition) is 0. The van der Waals surface area contributed by atoms with Crippen LogP contribution in [0.5, 0.6) is 17.2 Å². The molecule has 0 saturated heterocycles. The molecule has 12 heteroatoms. The van der Waals surface area contributed by atoms with Gasteiger partial charge in [0.1, 0.15) is 6.61 Å². The van der Waals surface area contributed by atoms with Crippen LogP contribution in [0.4, 0.5) is 5.69 Å². The third-order valence-corrected chi connectivity index (χ3v) is 6.44. The second kappa shape index (κ2) is 12.9. The summed E-state index contributed by atoms with van der Waals surface area (Å²) in [4.78, 5) is 23.7. The van der Waals surface area contributed by atoms with Crippen molar-refractivity contribution >= 4 is 19.3 Å². The van der Waals surface area contributed by atoms with E-state index in [0.717, 1.165) is 11.6 Å². The van der Waals surface area contributed by atoms with E-state index < -0.39 is 35.8 Å². The third kappa shape index (κ3) is 6.93. The van der Waals surface area contributed by atoms with Crippen LogP contribution >= 0.6 is 7.60 Å². The van der Waals surface area contributed by atoms with Crippen molar-refractivity contribution in [3.05, 3.63) is 58.1 Å². The molecule has 0 fully saturated rings. The van der Waals surface area contributed by atoms with Gasteiger partial charge in [-0.25, -0.2) is 4.79 Å². The number of nitrogens with zero attached hydrogens (tertiary/aromatic N) is 1. The van der Waals surface area contributed by atoms with Gasteiger partial charge < -0.3 is 28.0 Å². The van der Waals surface area contributed by atoms with Crippen LogP contribution in [0.1, 0.15) is 26.3 Å². The van der Waals surface area contributed by atoms with E-state index in [1.54, 1.807) is 20.8 Å². The fraction of sp³-hybridized carbons (Fsp3) is 0.409. The van der Waals surface area contributed by atoms with Crippen molar-refractivity contribution in [2.45, 2.75) is 33.2 Å². The van der Waals surface area contributed by atoms with E-state index in [1.165, 1.54) is 13.2 Å². The van der Waals surface area contributed by atoms with Crippen LogP contribution in [0.2, 0.25) is 0 Å². The number of nitro benzene ring substituents is 1. The highest BCUT2D eigenvalue weighted by molar-refractivity contribution is 7.55. The van der Waals surface area contributed by atoms with Crippen molar-refractivity contribution in [3.63, 3.8) is 0 Å². The van der Waals surface area contributed by atoms with Crippen molar-refractivity contribution in [2.24, 2.45) is 0 Å². The van der Waals surface area contributed by atoms with Gasteiger partial charge in [-0.1, -0.05) is 30.3 Å². The van der Waals surface area contributed by atoms with Gasteiger partial charge in [0.05, 0.1) is 37.9 Å². The Balaban J connectivity index is 2.48. The van der Waals surface area contributed by atoms with Crippen LogP contribution in [0.15, 0.2) is 42.5 Å². The first-order chi connectivity index (χ1) is 16.3. The summed E-state index contributed by atoms with van der Waals surface area (Å²) in [6, 6.07) is 11.5. The molecule has 0 amide bonds. The van der Waals surface area contributed by atoms with Crippen molar-refractivity contribution in [1.82, 2.24) is 0 Å². The zero-order valence-corrected chi connectivity index (χ0v) is 20.3. The van der Waals surface area contributed by atoms with E-state index in [0.29, 0.717) is 0 Å². The van der Waals surface area contributed by atoms with E-state index >= 15 is 0 Å². The summed E-state index contributed by atoms with van der Waals surface area (Å²) in [5, 5.41) is 11.8. The van der Waals surface area contributed by atoms with Gasteiger partial charge in [0.15, 0.2) is 11.5 Å². The summed E-state index contributed by atoms with van der Waals surface area (Å²) in [5.74, 6) is -3.17. The second-order valence-corrected chi connectivity index (χ2v) is 8.66. The Morgan fingerprint density at radius 3 is 2.18 bits per heavy atom. The Morgan fingerprint density at radius 2 is 1.65 bits per heavy atom. The zero-order chi connectivity index (χ0) is 25.1. The lowest BCUT2D eigenvalue weighted by Gasteiger charge is -2.25. The predicted molar refractivity (Wildman–Crippen MR) is 122 cm³/mol. The molecule has 2 aromatic carbocycles. The van der Waals surface area contributed by atoms with Gasteiger partial charge in [0, 0.05) is 6.07 Å². The maximum absolute atomic E-state index is 13.3. The average Bonchev–Trinajstić information content (AvgIpc) is 2.82. The molecule has 1 unspecified atom stereocenters. The summed E-state index contributed by atoms with van der Waals surface area (Å²) < 4.78 is 45.3. The number of carbonyl (C=O) groups is 1. The maximum atomic E-state index is 13.3. The van der Waals surface area contributed by atoms with Crippen LogP contribution < -0.4 is 14.2 Å². The molecular weight excluding hydrogens is 469 g/mol. The van der Waals surface area contributed by atoms with E-state index in [-0.39, 0.29) is 37.9 Å². The molecule has 0 saturated carbocycles. The average molecular weight is 497 g/mol. The number of hydrogen-bond acceptors (Lipinski definition) is 10. The first-order valence-electron chi connectivity index (χ1n) is 10.5. The quantitative estimate of drug-likeness (QED) is 0.156. The third-order valence-electron chi connectivity index (χ3n) is 4.31. The lowest BCUT2D eigenvalue weighted by atomic mass is 10.2. The lowest BCUT2D eigenvalue weighted by Crippen LogP contribution is -2.31. The SMILES string of the molecule is CCOC(=O)C(Oc1cc(OC)c(OCc2ccccc2)cc1[N+](=O)[O-])P(=O)(OCC)OCC. The monoisotopic (exact) mass is 497 g/mol. The van der Waals surface area contributed by atoms with E-state index in [4.69, 9.17) is 28.0 Å². The van der Waals surface area contributed by atoms with Gasteiger partial charge in [-0.2, -0.15) is 0 Å². The molecular formula is C22H28NO10P. The van der Waals surface area contributed by atoms with Crippen LogP contribution in [0, 0.1) is 10.1 Å². The van der Waals surface area contributed by atoms with E-state index in [9.17, 15) is 19.5 Å². The number of esters is 1. The fourth-order valence-electron chi connectivity index (χ4n) is 2.88. The minimum absolute atomic E-state index is 0.0470. The first-order valence-corrected chi connectivity index (χ1v) is 12.2. The van der Waals surface area contributed by atoms with Gasteiger partial charge in [-0.3, -0.25) is 14.7 Å². The number of methoxy groups -OCH3 is 1. The summed E-state index contributed by atoms with van der Waals surface area (Å²) in [5.41, 5.74) is 0.294. The van der Waals surface area contributed by atoms with Crippen LogP contribution in [0.3, 0.4) is 0 Å². The minimum atomic E-state index is -4.21. The molecule has 2 aromatic rings. The predicted octanol–water partition coefficient (Wildman–Crippen LogP) is 4.72. The fourth-order valence-corrected chi connectivity index (χ4v) is 4.52. The Kier molecular flexibility index (Phi) is 10.3. The van der Waals surface area contributed by atoms with Crippen molar-refractivity contribution in [1.29, 1.82) is 0 Å². The highest BCUT2D eigenvalue weighted by Gasteiger charge is 2.46. The van der Waals surface area contributed by atoms with Crippen LogP contribution in [0.25, 0.3) is 0 Å². The lowest BCUT2D eigenvalue weighted by molar-refractivity contribution is -0.386.